The number of hydrogen-bond donors (Lipinski definition) is 1. The lowest BCUT2D eigenvalue weighted by Gasteiger charge is -2.00. The number of rotatable bonds is 2. The molecule has 0 aromatic carbocycles. The quantitative estimate of drug-likeness (QED) is 0.466. The first-order valence-electron chi connectivity index (χ1n) is 2.73. The number of nitrogens with one attached hydrogen (secondary N) is 1. The van der Waals surface area contributed by atoms with Gasteiger partial charge in [-0.25, -0.2) is 0 Å². The second-order valence-electron chi connectivity index (χ2n) is 1.77. The smallest absolute Gasteiger partial charge is 0.0763 e. The van der Waals surface area contributed by atoms with Crippen molar-refractivity contribution in [3.63, 3.8) is 0 Å². The van der Waals surface area contributed by atoms with Crippen molar-refractivity contribution in [1.29, 1.82) is 0 Å². The molecule has 0 spiro atoms. The zero-order valence-corrected chi connectivity index (χ0v) is 6.59. The minimum absolute atomic E-state index is 0.783. The molecule has 0 rings (SSSR count). The third kappa shape index (κ3) is 5.24. The lowest BCUT2D eigenvalue weighted by atomic mass is 10.4. The highest BCUT2D eigenvalue weighted by atomic mass is 32.1. The molecule has 0 bridgehead atoms. The van der Waals surface area contributed by atoms with E-state index in [1.165, 1.54) is 0 Å². The van der Waals surface area contributed by atoms with Crippen LogP contribution in [0.4, 0.5) is 0 Å². The average Bonchev–Trinajstić information content (AvgIpc) is 1.63. The van der Waals surface area contributed by atoms with Gasteiger partial charge in [-0.15, -0.1) is 0 Å². The molecule has 2 heteroatoms. The van der Waals surface area contributed by atoms with Crippen molar-refractivity contribution in [3.8, 4) is 0 Å². The predicted octanol–water partition coefficient (Wildman–Crippen LogP) is 2.01. The number of allylic oxidation sites excluding steroid dienone is 3. The van der Waals surface area contributed by atoms with Gasteiger partial charge in [-0.05, 0) is 19.9 Å². The van der Waals surface area contributed by atoms with E-state index in [0.717, 1.165) is 10.7 Å². The molecule has 0 radical (unpaired) electrons. The van der Waals surface area contributed by atoms with Crippen LogP contribution in [0.1, 0.15) is 13.8 Å². The van der Waals surface area contributed by atoms with Crippen molar-refractivity contribution in [1.82, 2.24) is 5.32 Å². The fourth-order valence-electron chi connectivity index (χ4n) is 0.496. The molecule has 0 heterocycles. The summed E-state index contributed by atoms with van der Waals surface area (Å²) in [5.74, 6) is 0. The van der Waals surface area contributed by atoms with E-state index in [-0.39, 0.29) is 0 Å². The van der Waals surface area contributed by atoms with Crippen molar-refractivity contribution in [2.75, 3.05) is 0 Å². The molecule has 0 amide bonds. The molecular formula is C7H11NS. The monoisotopic (exact) mass is 141 g/mol. The second-order valence-corrected chi connectivity index (χ2v) is 2.38. The fourth-order valence-corrected chi connectivity index (χ4v) is 0.657. The van der Waals surface area contributed by atoms with Crippen molar-refractivity contribution in [3.05, 3.63) is 24.4 Å². The molecule has 0 saturated carbocycles. The molecule has 0 aliphatic heterocycles. The highest BCUT2D eigenvalue weighted by Gasteiger charge is 1.84. The summed E-state index contributed by atoms with van der Waals surface area (Å²) < 4.78 is 0. The molecule has 0 aliphatic rings. The van der Waals surface area contributed by atoms with Crippen LogP contribution in [-0.2, 0) is 0 Å². The zero-order valence-electron chi connectivity index (χ0n) is 5.77. The maximum Gasteiger partial charge on any atom is 0.0763 e. The summed E-state index contributed by atoms with van der Waals surface area (Å²) in [7, 11) is 0. The van der Waals surface area contributed by atoms with Crippen LogP contribution in [-0.4, -0.2) is 4.99 Å². The van der Waals surface area contributed by atoms with Crippen LogP contribution < -0.4 is 5.32 Å². The molecule has 9 heavy (non-hydrogen) atoms. The van der Waals surface area contributed by atoms with E-state index in [1.54, 1.807) is 6.08 Å². The van der Waals surface area contributed by atoms with Gasteiger partial charge in [0.05, 0.1) is 4.99 Å². The average molecular weight is 141 g/mol. The van der Waals surface area contributed by atoms with E-state index in [4.69, 9.17) is 12.2 Å². The van der Waals surface area contributed by atoms with Gasteiger partial charge in [-0.3, -0.25) is 0 Å². The van der Waals surface area contributed by atoms with Gasteiger partial charge >= 0.3 is 0 Å². The minimum Gasteiger partial charge on any atom is -0.354 e. The molecule has 0 aliphatic carbocycles. The summed E-state index contributed by atoms with van der Waals surface area (Å²) in [5, 5.41) is 2.96. The fraction of sp³-hybridized carbons (Fsp3) is 0.286. The Bertz CT molecular complexity index is 147. The molecule has 0 saturated heterocycles. The summed E-state index contributed by atoms with van der Waals surface area (Å²) in [6.45, 7) is 7.33. The Morgan fingerprint density at radius 2 is 2.11 bits per heavy atom. The van der Waals surface area contributed by atoms with Gasteiger partial charge in [0.15, 0.2) is 0 Å². The predicted molar refractivity (Wildman–Crippen MR) is 45.4 cm³/mol. The van der Waals surface area contributed by atoms with Crippen LogP contribution in [0.15, 0.2) is 24.4 Å². The van der Waals surface area contributed by atoms with Crippen LogP contribution >= 0.6 is 12.2 Å². The second kappa shape index (κ2) is 4.27. The Morgan fingerprint density at radius 1 is 1.56 bits per heavy atom. The van der Waals surface area contributed by atoms with Crippen molar-refractivity contribution in [2.24, 2.45) is 0 Å². The van der Waals surface area contributed by atoms with Crippen LogP contribution in [0, 0.1) is 0 Å². The largest absolute Gasteiger partial charge is 0.354 e. The van der Waals surface area contributed by atoms with Crippen LogP contribution in [0.25, 0.3) is 0 Å². The summed E-state index contributed by atoms with van der Waals surface area (Å²) >= 11 is 4.80. The highest BCUT2D eigenvalue weighted by molar-refractivity contribution is 7.80. The normalized spacial score (nSPS) is 10.7. The number of thiocarbonyl (C=S) groups is 1. The first kappa shape index (κ1) is 8.37. The lowest BCUT2D eigenvalue weighted by molar-refractivity contribution is 1.13. The lowest BCUT2D eigenvalue weighted by Crippen LogP contribution is -2.14. The highest BCUT2D eigenvalue weighted by Crippen LogP contribution is 1.85. The summed E-state index contributed by atoms with van der Waals surface area (Å²) in [6.07, 6.45) is 3.59. The standard InChI is InChI=1S/C7H11NS/c1-4-5-6(2)8-7(3)9/h4-5H,1H2,2-3H3,(H,8,9)/b6-5-. The summed E-state index contributed by atoms with van der Waals surface area (Å²) in [4.78, 5) is 0.783. The van der Waals surface area contributed by atoms with Crippen LogP contribution in [0.5, 0.6) is 0 Å². The molecule has 1 nitrogen and oxygen atoms in total. The Kier molecular flexibility index (Phi) is 3.97. The molecule has 50 valence electrons. The van der Waals surface area contributed by atoms with Gasteiger partial charge < -0.3 is 5.32 Å². The summed E-state index contributed by atoms with van der Waals surface area (Å²) in [6, 6.07) is 0. The van der Waals surface area contributed by atoms with Gasteiger partial charge in [0.1, 0.15) is 0 Å². The van der Waals surface area contributed by atoms with E-state index in [1.807, 2.05) is 19.9 Å². The Morgan fingerprint density at radius 3 is 2.44 bits per heavy atom. The Balaban J connectivity index is 3.75. The molecule has 1 N–H and O–H groups in total. The van der Waals surface area contributed by atoms with Gasteiger partial charge in [0.2, 0.25) is 0 Å². The molecule has 0 unspecified atom stereocenters. The molecule has 0 atom stereocenters. The van der Waals surface area contributed by atoms with Crippen LogP contribution in [0.3, 0.4) is 0 Å². The maximum atomic E-state index is 4.80. The van der Waals surface area contributed by atoms with Gasteiger partial charge in [0, 0.05) is 5.70 Å². The van der Waals surface area contributed by atoms with E-state index in [9.17, 15) is 0 Å². The van der Waals surface area contributed by atoms with E-state index < -0.39 is 0 Å². The van der Waals surface area contributed by atoms with Crippen molar-refractivity contribution >= 4 is 17.2 Å². The topological polar surface area (TPSA) is 12.0 Å². The third-order valence-corrected chi connectivity index (χ3v) is 0.843. The van der Waals surface area contributed by atoms with Crippen molar-refractivity contribution < 1.29 is 0 Å². The number of hydrogen-bond acceptors (Lipinski definition) is 1. The van der Waals surface area contributed by atoms with Gasteiger partial charge in [-0.2, -0.15) is 0 Å². The van der Waals surface area contributed by atoms with Gasteiger partial charge in [0.25, 0.3) is 0 Å². The zero-order chi connectivity index (χ0) is 7.28. The van der Waals surface area contributed by atoms with Crippen LogP contribution in [0.2, 0.25) is 0 Å². The Labute approximate surface area is 61.5 Å². The maximum absolute atomic E-state index is 4.80. The van der Waals surface area contributed by atoms with E-state index in [2.05, 4.69) is 11.9 Å². The molecule has 0 fully saturated rings. The molecule has 0 aromatic heterocycles. The molecule has 0 aromatic rings. The minimum atomic E-state index is 0.783. The first-order valence-corrected chi connectivity index (χ1v) is 3.14. The molecular weight excluding hydrogens is 130 g/mol. The van der Waals surface area contributed by atoms with E-state index >= 15 is 0 Å². The van der Waals surface area contributed by atoms with Gasteiger partial charge in [-0.1, -0.05) is 24.9 Å². The van der Waals surface area contributed by atoms with E-state index in [0.29, 0.717) is 0 Å². The summed E-state index contributed by atoms with van der Waals surface area (Å²) in [5.41, 5.74) is 1.03. The first-order chi connectivity index (χ1) is 4.16. The Hall–Kier alpha value is -0.630. The SMILES string of the molecule is C=C/C=C(/C)NC(C)=S. The van der Waals surface area contributed by atoms with Crippen molar-refractivity contribution in [2.45, 2.75) is 13.8 Å². The third-order valence-electron chi connectivity index (χ3n) is 0.741.